The van der Waals surface area contributed by atoms with Crippen LogP contribution in [-0.4, -0.2) is 28.2 Å². The van der Waals surface area contributed by atoms with Crippen LogP contribution in [0.3, 0.4) is 0 Å². The topological polar surface area (TPSA) is 49.2 Å². The summed E-state index contributed by atoms with van der Waals surface area (Å²) in [6, 6.07) is 1.72. The number of aromatic nitrogens is 2. The molecule has 0 atom stereocenters. The van der Waals surface area contributed by atoms with Crippen LogP contribution < -0.4 is 4.90 Å². The molecule has 1 heterocycles. The van der Waals surface area contributed by atoms with Crippen LogP contribution in [0.4, 0.5) is 5.82 Å². The first-order valence-corrected chi connectivity index (χ1v) is 4.47. The molecule has 4 nitrogen and oxygen atoms in total. The van der Waals surface area contributed by atoms with E-state index >= 15 is 0 Å². The van der Waals surface area contributed by atoms with Gasteiger partial charge in [0.1, 0.15) is 5.82 Å². The molecule has 1 N–H and O–H groups in total. The van der Waals surface area contributed by atoms with Crippen molar-refractivity contribution in [3.05, 3.63) is 11.8 Å². The van der Waals surface area contributed by atoms with Crippen LogP contribution in [0.2, 0.25) is 0 Å². The number of aromatic hydroxyl groups is 1. The fourth-order valence-electron chi connectivity index (χ4n) is 1.25. The van der Waals surface area contributed by atoms with Gasteiger partial charge in [0.25, 0.3) is 0 Å². The molecule has 72 valence electrons. The highest BCUT2D eigenvalue weighted by Gasteiger charge is 2.05. The van der Waals surface area contributed by atoms with Crippen molar-refractivity contribution in [3.63, 3.8) is 0 Å². The Morgan fingerprint density at radius 2 is 1.92 bits per heavy atom. The Morgan fingerprint density at radius 1 is 1.31 bits per heavy atom. The van der Waals surface area contributed by atoms with Crippen LogP contribution in [0.1, 0.15) is 19.5 Å². The maximum atomic E-state index is 9.18. The lowest BCUT2D eigenvalue weighted by atomic mass is 10.4. The predicted molar refractivity (Wildman–Crippen MR) is 52.0 cm³/mol. The largest absolute Gasteiger partial charge is 0.479 e. The molecule has 0 aromatic carbocycles. The third-order valence-corrected chi connectivity index (χ3v) is 1.92. The lowest BCUT2D eigenvalue weighted by Crippen LogP contribution is -2.23. The van der Waals surface area contributed by atoms with E-state index in [0.717, 1.165) is 24.6 Å². The number of rotatable bonds is 3. The summed E-state index contributed by atoms with van der Waals surface area (Å²) < 4.78 is 0. The van der Waals surface area contributed by atoms with Gasteiger partial charge in [-0.2, -0.15) is 4.98 Å². The van der Waals surface area contributed by atoms with Gasteiger partial charge in [0.15, 0.2) is 0 Å². The van der Waals surface area contributed by atoms with Crippen LogP contribution in [0, 0.1) is 6.92 Å². The van der Waals surface area contributed by atoms with Crippen molar-refractivity contribution in [2.45, 2.75) is 20.8 Å². The van der Waals surface area contributed by atoms with E-state index in [1.54, 1.807) is 0 Å². The average Bonchev–Trinajstić information content (AvgIpc) is 2.04. The lowest BCUT2D eigenvalue weighted by Gasteiger charge is -2.19. The van der Waals surface area contributed by atoms with E-state index in [9.17, 15) is 5.11 Å². The molecule has 0 saturated carbocycles. The Balaban J connectivity index is 2.99. The van der Waals surface area contributed by atoms with Gasteiger partial charge in [-0.15, -0.1) is 0 Å². The molecule has 4 heteroatoms. The van der Waals surface area contributed by atoms with Crippen LogP contribution >= 0.6 is 0 Å². The summed E-state index contributed by atoms with van der Waals surface area (Å²) in [5.74, 6) is 0.787. The minimum absolute atomic E-state index is 0.151. The highest BCUT2D eigenvalue weighted by atomic mass is 16.3. The van der Waals surface area contributed by atoms with Gasteiger partial charge in [0.2, 0.25) is 0 Å². The number of hydrogen-bond donors (Lipinski definition) is 1. The fourth-order valence-corrected chi connectivity index (χ4v) is 1.25. The minimum Gasteiger partial charge on any atom is -0.479 e. The summed E-state index contributed by atoms with van der Waals surface area (Å²) in [7, 11) is 0. The van der Waals surface area contributed by atoms with E-state index in [1.807, 2.05) is 13.0 Å². The van der Waals surface area contributed by atoms with E-state index in [0.29, 0.717) is 0 Å². The summed E-state index contributed by atoms with van der Waals surface area (Å²) in [6.07, 6.45) is 0. The van der Waals surface area contributed by atoms with Crippen LogP contribution in [0.25, 0.3) is 0 Å². The van der Waals surface area contributed by atoms with Crippen LogP contribution in [0.5, 0.6) is 6.01 Å². The monoisotopic (exact) mass is 181 g/mol. The van der Waals surface area contributed by atoms with Crippen molar-refractivity contribution in [2.24, 2.45) is 0 Å². The van der Waals surface area contributed by atoms with Gasteiger partial charge < -0.3 is 10.0 Å². The number of nitrogens with zero attached hydrogens (tertiary/aromatic N) is 3. The molecule has 0 spiro atoms. The van der Waals surface area contributed by atoms with Gasteiger partial charge in [-0.05, 0) is 20.8 Å². The molecule has 0 radical (unpaired) electrons. The highest BCUT2D eigenvalue weighted by Crippen LogP contribution is 2.14. The first-order valence-electron chi connectivity index (χ1n) is 4.47. The second-order valence-corrected chi connectivity index (χ2v) is 2.84. The number of hydrogen-bond acceptors (Lipinski definition) is 4. The Kier molecular flexibility index (Phi) is 3.06. The van der Waals surface area contributed by atoms with Crippen molar-refractivity contribution in [2.75, 3.05) is 18.0 Å². The third kappa shape index (κ3) is 2.31. The molecule has 0 bridgehead atoms. The zero-order valence-corrected chi connectivity index (χ0v) is 8.28. The normalized spacial score (nSPS) is 10.1. The molecular weight excluding hydrogens is 166 g/mol. The molecular formula is C9H15N3O. The predicted octanol–water partition coefficient (Wildman–Crippen LogP) is 1.34. The molecule has 0 aliphatic carbocycles. The van der Waals surface area contributed by atoms with E-state index in [2.05, 4.69) is 28.7 Å². The molecule has 1 aromatic rings. The minimum atomic E-state index is -0.151. The van der Waals surface area contributed by atoms with Gasteiger partial charge in [0, 0.05) is 24.8 Å². The first kappa shape index (κ1) is 9.77. The van der Waals surface area contributed by atoms with E-state index < -0.39 is 0 Å². The Hall–Kier alpha value is -1.32. The summed E-state index contributed by atoms with van der Waals surface area (Å²) >= 11 is 0. The average molecular weight is 181 g/mol. The number of aryl methyl sites for hydroxylation is 1. The van der Waals surface area contributed by atoms with Crippen molar-refractivity contribution in [1.29, 1.82) is 0 Å². The Labute approximate surface area is 78.2 Å². The van der Waals surface area contributed by atoms with E-state index in [1.165, 1.54) is 0 Å². The van der Waals surface area contributed by atoms with Crippen molar-refractivity contribution in [1.82, 2.24) is 9.97 Å². The van der Waals surface area contributed by atoms with Gasteiger partial charge in [-0.1, -0.05) is 0 Å². The van der Waals surface area contributed by atoms with Crippen molar-refractivity contribution < 1.29 is 5.11 Å². The standard InChI is InChI=1S/C9H15N3O/c1-4-12(5-2)8-6-7(3)10-9(13)11-8/h6H,4-5H2,1-3H3,(H,10,11,13). The van der Waals surface area contributed by atoms with Crippen molar-refractivity contribution >= 4 is 5.82 Å². The summed E-state index contributed by atoms with van der Waals surface area (Å²) in [5.41, 5.74) is 0.786. The van der Waals surface area contributed by atoms with Crippen LogP contribution in [-0.2, 0) is 0 Å². The Bertz CT molecular complexity index is 264. The van der Waals surface area contributed by atoms with Gasteiger partial charge in [-0.3, -0.25) is 0 Å². The van der Waals surface area contributed by atoms with Crippen LogP contribution in [0.15, 0.2) is 6.07 Å². The van der Waals surface area contributed by atoms with Gasteiger partial charge in [-0.25, -0.2) is 4.98 Å². The van der Waals surface area contributed by atoms with Gasteiger partial charge in [0.05, 0.1) is 0 Å². The number of anilines is 1. The molecule has 0 amide bonds. The fraction of sp³-hybridized carbons (Fsp3) is 0.556. The maximum absolute atomic E-state index is 9.18. The molecule has 0 aliphatic heterocycles. The molecule has 1 aromatic heterocycles. The third-order valence-electron chi connectivity index (χ3n) is 1.92. The summed E-state index contributed by atoms with van der Waals surface area (Å²) in [5, 5.41) is 9.18. The zero-order valence-electron chi connectivity index (χ0n) is 8.28. The second-order valence-electron chi connectivity index (χ2n) is 2.84. The molecule has 13 heavy (non-hydrogen) atoms. The quantitative estimate of drug-likeness (QED) is 0.764. The molecule has 0 unspecified atom stereocenters. The lowest BCUT2D eigenvalue weighted by molar-refractivity contribution is 0.428. The smallest absolute Gasteiger partial charge is 0.316 e. The van der Waals surface area contributed by atoms with E-state index in [4.69, 9.17) is 0 Å². The molecule has 0 saturated heterocycles. The summed E-state index contributed by atoms with van der Waals surface area (Å²) in [4.78, 5) is 9.81. The van der Waals surface area contributed by atoms with Gasteiger partial charge >= 0.3 is 6.01 Å². The maximum Gasteiger partial charge on any atom is 0.316 e. The molecule has 0 fully saturated rings. The summed E-state index contributed by atoms with van der Waals surface area (Å²) in [6.45, 7) is 7.71. The molecule has 0 aliphatic rings. The highest BCUT2D eigenvalue weighted by molar-refractivity contribution is 5.39. The molecule has 1 rings (SSSR count). The zero-order chi connectivity index (χ0) is 9.84. The Morgan fingerprint density at radius 3 is 2.38 bits per heavy atom. The van der Waals surface area contributed by atoms with E-state index in [-0.39, 0.29) is 6.01 Å². The SMILES string of the molecule is CCN(CC)c1cc(C)nc(O)n1. The van der Waals surface area contributed by atoms with Crippen molar-refractivity contribution in [3.8, 4) is 6.01 Å². The second kappa shape index (κ2) is 4.07. The first-order chi connectivity index (χ1) is 6.17.